The first-order chi connectivity index (χ1) is 7.40. The Balaban J connectivity index is 2.33. The van der Waals surface area contributed by atoms with Gasteiger partial charge in [-0.3, -0.25) is 0 Å². The Hall–Kier alpha value is -1.09. The van der Waals surface area contributed by atoms with Gasteiger partial charge in [-0.1, -0.05) is 0 Å². The highest BCUT2D eigenvalue weighted by atomic mass is 32.1. The van der Waals surface area contributed by atoms with Gasteiger partial charge in [0.2, 0.25) is 0 Å². The van der Waals surface area contributed by atoms with Gasteiger partial charge in [-0.25, -0.2) is 4.98 Å². The third kappa shape index (κ3) is 1.51. The third-order valence-electron chi connectivity index (χ3n) is 2.67. The molecule has 15 heavy (non-hydrogen) atoms. The van der Waals surface area contributed by atoms with Crippen molar-refractivity contribution < 1.29 is 0 Å². The zero-order valence-corrected chi connectivity index (χ0v) is 9.57. The molecular weight excluding hydrogens is 224 g/mol. The SMILES string of the molecule is S=C=Nc1ccc2scnc2c1C1CC1. The second-order valence-electron chi connectivity index (χ2n) is 3.67. The average molecular weight is 232 g/mol. The van der Waals surface area contributed by atoms with E-state index in [4.69, 9.17) is 0 Å². The Morgan fingerprint density at radius 1 is 1.47 bits per heavy atom. The summed E-state index contributed by atoms with van der Waals surface area (Å²) in [6, 6.07) is 4.08. The monoisotopic (exact) mass is 232 g/mol. The van der Waals surface area contributed by atoms with Crippen LogP contribution >= 0.6 is 23.6 Å². The number of isothiocyanates is 1. The van der Waals surface area contributed by atoms with Crippen LogP contribution in [0.5, 0.6) is 0 Å². The minimum Gasteiger partial charge on any atom is -0.244 e. The van der Waals surface area contributed by atoms with Gasteiger partial charge in [-0.05, 0) is 43.1 Å². The number of nitrogens with zero attached hydrogens (tertiary/aromatic N) is 2. The number of thiocarbonyl (C=S) groups is 1. The topological polar surface area (TPSA) is 25.2 Å². The van der Waals surface area contributed by atoms with E-state index in [1.165, 1.54) is 23.1 Å². The molecular formula is C11H8N2S2. The highest BCUT2D eigenvalue weighted by molar-refractivity contribution is 7.78. The number of hydrogen-bond donors (Lipinski definition) is 0. The molecule has 0 atom stereocenters. The fourth-order valence-electron chi connectivity index (χ4n) is 1.86. The van der Waals surface area contributed by atoms with Crippen LogP contribution in [0.15, 0.2) is 22.6 Å². The summed E-state index contributed by atoms with van der Waals surface area (Å²) in [4.78, 5) is 8.55. The summed E-state index contributed by atoms with van der Waals surface area (Å²) in [5, 5.41) is 2.45. The van der Waals surface area contributed by atoms with Crippen LogP contribution in [0.1, 0.15) is 24.3 Å². The molecule has 2 aromatic rings. The Kier molecular flexibility index (Phi) is 2.13. The molecule has 0 bridgehead atoms. The summed E-state index contributed by atoms with van der Waals surface area (Å²) in [5.74, 6) is 0.637. The van der Waals surface area contributed by atoms with E-state index in [9.17, 15) is 0 Å². The van der Waals surface area contributed by atoms with E-state index in [1.807, 2.05) is 11.6 Å². The Bertz CT molecular complexity index is 563. The predicted molar refractivity (Wildman–Crippen MR) is 66.3 cm³/mol. The second kappa shape index (κ2) is 3.49. The fourth-order valence-corrected chi connectivity index (χ4v) is 2.65. The summed E-state index contributed by atoms with van der Waals surface area (Å²) in [6.07, 6.45) is 2.49. The van der Waals surface area contributed by atoms with Crippen molar-refractivity contribution in [2.45, 2.75) is 18.8 Å². The second-order valence-corrected chi connectivity index (χ2v) is 4.74. The number of rotatable bonds is 2. The quantitative estimate of drug-likeness (QED) is 0.579. The molecule has 1 aliphatic carbocycles. The van der Waals surface area contributed by atoms with E-state index in [-0.39, 0.29) is 0 Å². The van der Waals surface area contributed by atoms with Crippen molar-refractivity contribution in [1.29, 1.82) is 0 Å². The van der Waals surface area contributed by atoms with E-state index in [2.05, 4.69) is 33.4 Å². The molecule has 1 aromatic carbocycles. The summed E-state index contributed by atoms with van der Waals surface area (Å²) in [7, 11) is 0. The number of thiazole rings is 1. The Morgan fingerprint density at radius 3 is 3.07 bits per heavy atom. The molecule has 1 aliphatic rings. The molecule has 74 valence electrons. The molecule has 0 N–H and O–H groups in total. The van der Waals surface area contributed by atoms with E-state index in [0.717, 1.165) is 11.2 Å². The number of hydrogen-bond acceptors (Lipinski definition) is 4. The number of aromatic nitrogens is 1. The maximum Gasteiger partial charge on any atom is 0.0868 e. The molecule has 0 spiro atoms. The molecule has 1 heterocycles. The lowest BCUT2D eigenvalue weighted by Crippen LogP contribution is -1.83. The van der Waals surface area contributed by atoms with Gasteiger partial charge < -0.3 is 0 Å². The minimum absolute atomic E-state index is 0.637. The van der Waals surface area contributed by atoms with Crippen LogP contribution in [-0.4, -0.2) is 10.1 Å². The fraction of sp³-hybridized carbons (Fsp3) is 0.273. The van der Waals surface area contributed by atoms with Crippen molar-refractivity contribution in [2.75, 3.05) is 0 Å². The molecule has 0 amide bonds. The van der Waals surface area contributed by atoms with Crippen LogP contribution < -0.4 is 0 Å². The van der Waals surface area contributed by atoms with Crippen molar-refractivity contribution in [3.63, 3.8) is 0 Å². The highest BCUT2D eigenvalue weighted by Crippen LogP contribution is 2.47. The van der Waals surface area contributed by atoms with E-state index in [0.29, 0.717) is 5.92 Å². The summed E-state index contributed by atoms with van der Waals surface area (Å²) >= 11 is 6.34. The maximum atomic E-state index is 4.67. The maximum absolute atomic E-state index is 4.67. The highest BCUT2D eigenvalue weighted by Gasteiger charge is 2.28. The summed E-state index contributed by atoms with van der Waals surface area (Å²) < 4.78 is 1.24. The average Bonchev–Trinajstić information content (AvgIpc) is 2.95. The summed E-state index contributed by atoms with van der Waals surface area (Å²) in [5.41, 5.74) is 5.22. The predicted octanol–water partition coefficient (Wildman–Crippen LogP) is 3.91. The van der Waals surface area contributed by atoms with Gasteiger partial charge in [-0.15, -0.1) is 11.3 Å². The molecule has 0 saturated heterocycles. The van der Waals surface area contributed by atoms with Crippen LogP contribution in [0.25, 0.3) is 10.2 Å². The largest absolute Gasteiger partial charge is 0.244 e. The van der Waals surface area contributed by atoms with Gasteiger partial charge in [-0.2, -0.15) is 4.99 Å². The first-order valence-corrected chi connectivity index (χ1v) is 6.13. The first-order valence-electron chi connectivity index (χ1n) is 4.84. The lowest BCUT2D eigenvalue weighted by molar-refractivity contribution is 1.14. The number of fused-ring (bicyclic) bond motifs is 1. The lowest BCUT2D eigenvalue weighted by Gasteiger charge is -2.03. The molecule has 0 unspecified atom stereocenters. The van der Waals surface area contributed by atoms with Crippen molar-refractivity contribution in [3.8, 4) is 0 Å². The van der Waals surface area contributed by atoms with Crippen LogP contribution in [0.3, 0.4) is 0 Å². The van der Waals surface area contributed by atoms with Crippen LogP contribution in [0.4, 0.5) is 5.69 Å². The number of benzene rings is 1. The Morgan fingerprint density at radius 2 is 2.33 bits per heavy atom. The normalized spacial score (nSPS) is 15.2. The molecule has 1 saturated carbocycles. The van der Waals surface area contributed by atoms with Gasteiger partial charge in [0.05, 0.1) is 26.6 Å². The number of aliphatic imine (C=N–C) groups is 1. The first kappa shape index (κ1) is 9.16. The van der Waals surface area contributed by atoms with Crippen molar-refractivity contribution in [1.82, 2.24) is 4.98 Å². The smallest absolute Gasteiger partial charge is 0.0868 e. The molecule has 0 radical (unpaired) electrons. The standard InChI is InChI=1S/C11H8N2S2/c14-5-12-8-3-4-9-11(13-6-15-9)10(8)7-1-2-7/h3-4,6-7H,1-2H2. The van der Waals surface area contributed by atoms with Gasteiger partial charge in [0.1, 0.15) is 0 Å². The minimum atomic E-state index is 0.637. The zero-order valence-electron chi connectivity index (χ0n) is 7.93. The van der Waals surface area contributed by atoms with Crippen LogP contribution in [0.2, 0.25) is 0 Å². The molecule has 0 aliphatic heterocycles. The summed E-state index contributed by atoms with van der Waals surface area (Å²) in [6.45, 7) is 0. The Labute approximate surface area is 96.7 Å². The molecule has 1 aromatic heterocycles. The van der Waals surface area contributed by atoms with Gasteiger partial charge in [0.15, 0.2) is 0 Å². The van der Waals surface area contributed by atoms with E-state index < -0.39 is 0 Å². The van der Waals surface area contributed by atoms with Crippen molar-refractivity contribution in [3.05, 3.63) is 23.2 Å². The van der Waals surface area contributed by atoms with E-state index >= 15 is 0 Å². The molecule has 4 heteroatoms. The van der Waals surface area contributed by atoms with Crippen molar-refractivity contribution in [2.24, 2.45) is 4.99 Å². The zero-order chi connectivity index (χ0) is 10.3. The van der Waals surface area contributed by atoms with Gasteiger partial charge in [0.25, 0.3) is 0 Å². The molecule has 2 nitrogen and oxygen atoms in total. The van der Waals surface area contributed by atoms with E-state index in [1.54, 1.807) is 11.3 Å². The van der Waals surface area contributed by atoms with Crippen molar-refractivity contribution >= 4 is 44.6 Å². The van der Waals surface area contributed by atoms with Crippen LogP contribution in [0, 0.1) is 0 Å². The third-order valence-corrected chi connectivity index (χ3v) is 3.56. The lowest BCUT2D eigenvalue weighted by atomic mass is 10.1. The molecule has 3 rings (SSSR count). The van der Waals surface area contributed by atoms with Gasteiger partial charge in [0, 0.05) is 5.56 Å². The van der Waals surface area contributed by atoms with Gasteiger partial charge >= 0.3 is 0 Å². The van der Waals surface area contributed by atoms with Crippen LogP contribution in [-0.2, 0) is 0 Å². The molecule has 1 fully saturated rings.